The summed E-state index contributed by atoms with van der Waals surface area (Å²) in [7, 11) is 0. The third kappa shape index (κ3) is 4.24. The van der Waals surface area contributed by atoms with E-state index in [0.29, 0.717) is 23.4 Å². The molecule has 2 aliphatic rings. The first kappa shape index (κ1) is 18.0. The molecule has 1 saturated heterocycles. The van der Waals surface area contributed by atoms with Crippen LogP contribution in [0.1, 0.15) is 52.8 Å². The summed E-state index contributed by atoms with van der Waals surface area (Å²) in [4.78, 5) is 39.9. The molecule has 2 aliphatic heterocycles. The van der Waals surface area contributed by atoms with Crippen molar-refractivity contribution in [2.75, 3.05) is 31.1 Å². The Labute approximate surface area is 152 Å². The number of fused-ring (bicyclic) bond motifs is 1. The number of imide groups is 1. The number of rotatable bonds is 7. The van der Waals surface area contributed by atoms with Crippen molar-refractivity contribution in [1.29, 1.82) is 0 Å². The molecule has 0 bridgehead atoms. The maximum Gasteiger partial charge on any atom is 0.261 e. The van der Waals surface area contributed by atoms with Gasteiger partial charge in [-0.2, -0.15) is 11.8 Å². The molecule has 0 spiro atoms. The van der Waals surface area contributed by atoms with Crippen LogP contribution in [-0.2, 0) is 4.79 Å². The zero-order chi connectivity index (χ0) is 17.6. The van der Waals surface area contributed by atoms with E-state index in [9.17, 15) is 14.4 Å². The van der Waals surface area contributed by atoms with Crippen molar-refractivity contribution in [3.63, 3.8) is 0 Å². The van der Waals surface area contributed by atoms with Gasteiger partial charge in [0.25, 0.3) is 11.8 Å². The summed E-state index contributed by atoms with van der Waals surface area (Å²) in [6, 6.07) is 6.97. The topological polar surface area (TPSA) is 57.7 Å². The highest BCUT2D eigenvalue weighted by atomic mass is 32.2. The number of piperidine rings is 1. The van der Waals surface area contributed by atoms with Gasteiger partial charge < -0.3 is 4.90 Å². The molecule has 0 saturated carbocycles. The summed E-state index contributed by atoms with van der Waals surface area (Å²) in [5.74, 6) is 1.28. The Bertz CT molecular complexity index is 621. The first-order valence-corrected chi connectivity index (χ1v) is 10.1. The van der Waals surface area contributed by atoms with Crippen LogP contribution in [0.25, 0.3) is 0 Å². The summed E-state index contributed by atoms with van der Waals surface area (Å²) in [6.07, 6.45) is 5.14. The number of hydrogen-bond donors (Lipinski definition) is 0. The third-order valence-electron chi connectivity index (χ3n) is 4.73. The molecule has 0 aromatic heterocycles. The van der Waals surface area contributed by atoms with Crippen LogP contribution in [0.15, 0.2) is 24.3 Å². The van der Waals surface area contributed by atoms with Crippen LogP contribution in [0.5, 0.6) is 0 Å². The Morgan fingerprint density at radius 1 is 0.960 bits per heavy atom. The minimum Gasteiger partial charge on any atom is -0.342 e. The number of unbranched alkanes of at least 4 members (excludes halogenated alkanes) is 1. The average Bonchev–Trinajstić information content (AvgIpc) is 2.90. The molecule has 2 heterocycles. The molecule has 0 atom stereocenters. The summed E-state index contributed by atoms with van der Waals surface area (Å²) in [5, 5.41) is 0. The Balaban J connectivity index is 1.33. The Hall–Kier alpha value is -1.82. The third-order valence-corrected chi connectivity index (χ3v) is 5.76. The van der Waals surface area contributed by atoms with Crippen molar-refractivity contribution in [1.82, 2.24) is 9.80 Å². The smallest absolute Gasteiger partial charge is 0.261 e. The van der Waals surface area contributed by atoms with E-state index in [1.807, 2.05) is 4.90 Å². The standard InChI is InChI=1S/C19H24N2O3S/c22-17(20-10-4-1-5-11-20)14-25-13-7-6-12-21-18(23)15-8-2-3-9-16(15)19(21)24/h2-3,8-9H,1,4-7,10-14H2. The maximum atomic E-state index is 12.2. The first-order valence-electron chi connectivity index (χ1n) is 8.99. The lowest BCUT2D eigenvalue weighted by molar-refractivity contribution is -0.129. The lowest BCUT2D eigenvalue weighted by Crippen LogP contribution is -2.36. The van der Waals surface area contributed by atoms with E-state index in [0.717, 1.165) is 44.5 Å². The second-order valence-electron chi connectivity index (χ2n) is 6.51. The molecule has 3 rings (SSSR count). The molecular weight excluding hydrogens is 336 g/mol. The molecule has 0 aliphatic carbocycles. The zero-order valence-electron chi connectivity index (χ0n) is 14.4. The molecule has 0 radical (unpaired) electrons. The highest BCUT2D eigenvalue weighted by molar-refractivity contribution is 7.99. The van der Waals surface area contributed by atoms with Crippen LogP contribution in [0, 0.1) is 0 Å². The molecule has 1 aromatic rings. The van der Waals surface area contributed by atoms with Gasteiger partial charge in [0.2, 0.25) is 5.91 Å². The number of carbonyl (C=O) groups excluding carboxylic acids is 3. The van der Waals surface area contributed by atoms with Crippen molar-refractivity contribution in [3.05, 3.63) is 35.4 Å². The van der Waals surface area contributed by atoms with Crippen molar-refractivity contribution in [2.45, 2.75) is 32.1 Å². The molecule has 5 nitrogen and oxygen atoms in total. The van der Waals surface area contributed by atoms with E-state index >= 15 is 0 Å². The van der Waals surface area contributed by atoms with Gasteiger partial charge in [-0.25, -0.2) is 0 Å². The summed E-state index contributed by atoms with van der Waals surface area (Å²) < 4.78 is 0. The van der Waals surface area contributed by atoms with Gasteiger partial charge in [0.15, 0.2) is 0 Å². The quantitative estimate of drug-likeness (QED) is 0.554. The van der Waals surface area contributed by atoms with Crippen molar-refractivity contribution >= 4 is 29.5 Å². The van der Waals surface area contributed by atoms with Gasteiger partial charge in [0.05, 0.1) is 16.9 Å². The lowest BCUT2D eigenvalue weighted by Gasteiger charge is -2.26. The second-order valence-corrected chi connectivity index (χ2v) is 7.61. The molecule has 0 N–H and O–H groups in total. The molecular formula is C19H24N2O3S. The largest absolute Gasteiger partial charge is 0.342 e. The van der Waals surface area contributed by atoms with Crippen molar-refractivity contribution < 1.29 is 14.4 Å². The Morgan fingerprint density at radius 3 is 2.24 bits per heavy atom. The second kappa shape index (κ2) is 8.52. The van der Waals surface area contributed by atoms with E-state index in [2.05, 4.69) is 0 Å². The molecule has 25 heavy (non-hydrogen) atoms. The highest BCUT2D eigenvalue weighted by Gasteiger charge is 2.34. The number of carbonyl (C=O) groups is 3. The average molecular weight is 360 g/mol. The number of thioether (sulfide) groups is 1. The fraction of sp³-hybridized carbons (Fsp3) is 0.526. The SMILES string of the molecule is O=C(CSCCCCN1C(=O)c2ccccc2C1=O)N1CCCCC1. The van der Waals surface area contributed by atoms with Crippen molar-refractivity contribution in [3.8, 4) is 0 Å². The summed E-state index contributed by atoms with van der Waals surface area (Å²) in [5.41, 5.74) is 1.02. The van der Waals surface area contributed by atoms with Gasteiger partial charge in [0.1, 0.15) is 0 Å². The minimum absolute atomic E-state index is 0.187. The van der Waals surface area contributed by atoms with Gasteiger partial charge in [-0.05, 0) is 50.0 Å². The number of benzene rings is 1. The van der Waals surface area contributed by atoms with Gasteiger partial charge in [-0.1, -0.05) is 12.1 Å². The minimum atomic E-state index is -0.187. The lowest BCUT2D eigenvalue weighted by atomic mass is 10.1. The molecule has 3 amide bonds. The maximum absolute atomic E-state index is 12.2. The number of amides is 3. The Morgan fingerprint density at radius 2 is 1.60 bits per heavy atom. The van der Waals surface area contributed by atoms with E-state index in [1.54, 1.807) is 36.0 Å². The highest BCUT2D eigenvalue weighted by Crippen LogP contribution is 2.22. The van der Waals surface area contributed by atoms with Crippen LogP contribution in [-0.4, -0.2) is 58.7 Å². The van der Waals surface area contributed by atoms with Gasteiger partial charge >= 0.3 is 0 Å². The van der Waals surface area contributed by atoms with E-state index in [4.69, 9.17) is 0 Å². The Kier molecular flexibility index (Phi) is 6.13. The van der Waals surface area contributed by atoms with Crippen LogP contribution in [0.2, 0.25) is 0 Å². The molecule has 6 heteroatoms. The van der Waals surface area contributed by atoms with Gasteiger partial charge in [-0.3, -0.25) is 19.3 Å². The molecule has 134 valence electrons. The number of nitrogens with zero attached hydrogens (tertiary/aromatic N) is 2. The van der Waals surface area contributed by atoms with E-state index in [1.165, 1.54) is 11.3 Å². The number of likely N-dealkylation sites (tertiary alicyclic amines) is 1. The van der Waals surface area contributed by atoms with Gasteiger partial charge in [-0.15, -0.1) is 0 Å². The van der Waals surface area contributed by atoms with Crippen LogP contribution in [0.4, 0.5) is 0 Å². The normalized spacial score (nSPS) is 17.1. The first-order chi connectivity index (χ1) is 12.2. The molecule has 1 fully saturated rings. The van der Waals surface area contributed by atoms with Crippen LogP contribution >= 0.6 is 11.8 Å². The van der Waals surface area contributed by atoms with E-state index < -0.39 is 0 Å². The monoisotopic (exact) mass is 360 g/mol. The van der Waals surface area contributed by atoms with Gasteiger partial charge in [0, 0.05) is 19.6 Å². The predicted octanol–water partition coefficient (Wildman–Crippen LogP) is 2.81. The fourth-order valence-corrected chi connectivity index (χ4v) is 4.22. The molecule has 1 aromatic carbocycles. The summed E-state index contributed by atoms with van der Waals surface area (Å²) in [6.45, 7) is 2.26. The van der Waals surface area contributed by atoms with Crippen LogP contribution in [0.3, 0.4) is 0 Å². The predicted molar refractivity (Wildman–Crippen MR) is 98.8 cm³/mol. The fourth-order valence-electron chi connectivity index (χ4n) is 3.31. The van der Waals surface area contributed by atoms with Crippen molar-refractivity contribution in [2.24, 2.45) is 0 Å². The number of hydrogen-bond acceptors (Lipinski definition) is 4. The molecule has 0 unspecified atom stereocenters. The summed E-state index contributed by atoms with van der Waals surface area (Å²) >= 11 is 1.65. The van der Waals surface area contributed by atoms with E-state index in [-0.39, 0.29) is 17.7 Å². The van der Waals surface area contributed by atoms with Crippen LogP contribution < -0.4 is 0 Å². The zero-order valence-corrected chi connectivity index (χ0v) is 15.2.